The number of hydrogen-bond acceptors (Lipinski definition) is 6. The van der Waals surface area contributed by atoms with Crippen molar-refractivity contribution in [2.45, 2.75) is 0 Å². The highest BCUT2D eigenvalue weighted by Gasteiger charge is 2.13. The van der Waals surface area contributed by atoms with Gasteiger partial charge in [-0.3, -0.25) is 14.9 Å². The quantitative estimate of drug-likeness (QED) is 0.217. The molecule has 0 unspecified atom stereocenters. The van der Waals surface area contributed by atoms with Crippen LogP contribution in [0.15, 0.2) is 54.9 Å². The Morgan fingerprint density at radius 3 is 2.76 bits per heavy atom. The molecule has 0 aliphatic carbocycles. The van der Waals surface area contributed by atoms with E-state index in [1.54, 1.807) is 35.5 Å². The van der Waals surface area contributed by atoms with Gasteiger partial charge in [-0.05, 0) is 36.4 Å². The molecule has 0 spiro atoms. The first-order chi connectivity index (χ1) is 12.0. The topological polar surface area (TPSA) is 104 Å². The first-order valence-corrected chi connectivity index (χ1v) is 7.72. The van der Waals surface area contributed by atoms with Crippen molar-refractivity contribution < 1.29 is 4.79 Å². The van der Waals surface area contributed by atoms with Crippen LogP contribution in [0.5, 0.6) is 0 Å². The molecule has 0 aliphatic heterocycles. The summed E-state index contributed by atoms with van der Waals surface area (Å²) >= 11 is 0. The van der Waals surface area contributed by atoms with Crippen LogP contribution in [-0.2, 0) is 0 Å². The van der Waals surface area contributed by atoms with Gasteiger partial charge in [-0.2, -0.15) is 5.10 Å². The van der Waals surface area contributed by atoms with Crippen LogP contribution in [0.2, 0.25) is 0 Å². The Bertz CT molecular complexity index is 944. The molecule has 0 saturated carbocycles. The van der Waals surface area contributed by atoms with Crippen molar-refractivity contribution in [3.63, 3.8) is 0 Å². The van der Waals surface area contributed by atoms with Gasteiger partial charge in [-0.25, -0.2) is 5.84 Å². The van der Waals surface area contributed by atoms with Crippen LogP contribution in [0.25, 0.3) is 10.9 Å². The molecule has 1 heterocycles. The molecule has 7 nitrogen and oxygen atoms in total. The average molecular weight is 336 g/mol. The number of carbonyl (C=O) groups excluding carboxylic acids is 1. The third-order valence-electron chi connectivity index (χ3n) is 3.80. The smallest absolute Gasteiger partial charge is 0.187 e. The molecule has 0 saturated heterocycles. The second-order valence-corrected chi connectivity index (χ2v) is 5.93. The number of nitrogen functional groups attached to an aromatic ring is 1. The number of fused-ring (bicyclic) bond motifs is 1. The lowest BCUT2D eigenvalue weighted by atomic mass is 10.1. The molecule has 0 bridgehead atoms. The fourth-order valence-electron chi connectivity index (χ4n) is 2.43. The predicted molar refractivity (Wildman–Crippen MR) is 100 cm³/mol. The van der Waals surface area contributed by atoms with Gasteiger partial charge in [0, 0.05) is 37.3 Å². The zero-order chi connectivity index (χ0) is 18.0. The normalized spacial score (nSPS) is 11.2. The van der Waals surface area contributed by atoms with Crippen LogP contribution in [0.1, 0.15) is 10.4 Å². The number of allylic oxidation sites excluding steroid dienone is 1. The Morgan fingerprint density at radius 1 is 1.20 bits per heavy atom. The highest BCUT2D eigenvalue weighted by atomic mass is 16.1. The summed E-state index contributed by atoms with van der Waals surface area (Å²) < 4.78 is 0. The zero-order valence-corrected chi connectivity index (χ0v) is 14.1. The number of rotatable bonds is 5. The molecule has 1 aromatic heterocycles. The molecule has 3 rings (SSSR count). The Balaban J connectivity index is 1.95. The molecule has 0 aliphatic rings. The number of nitrogens with one attached hydrogen (secondary N) is 1. The number of nitrogens with zero attached hydrogens (tertiary/aromatic N) is 3. The van der Waals surface area contributed by atoms with Crippen LogP contribution < -0.4 is 16.6 Å². The summed E-state index contributed by atoms with van der Waals surface area (Å²) in [7, 11) is 3.71. The lowest BCUT2D eigenvalue weighted by molar-refractivity contribution is 0.104. The maximum absolute atomic E-state index is 12.3. The Kier molecular flexibility index (Phi) is 4.40. The first kappa shape index (κ1) is 16.5. The van der Waals surface area contributed by atoms with Gasteiger partial charge in [-0.15, -0.1) is 0 Å². The van der Waals surface area contributed by atoms with E-state index in [0.29, 0.717) is 16.9 Å². The highest BCUT2D eigenvalue weighted by Crippen LogP contribution is 2.30. The number of benzene rings is 2. The summed E-state index contributed by atoms with van der Waals surface area (Å²) in [5.74, 6) is 6.13. The number of nitrogens with two attached hydrogens (primary N) is 2. The fourth-order valence-corrected chi connectivity index (χ4v) is 2.43. The van der Waals surface area contributed by atoms with Crippen LogP contribution in [0.3, 0.4) is 0 Å². The predicted octanol–water partition coefficient (Wildman–Crippen LogP) is 2.41. The van der Waals surface area contributed by atoms with Crippen molar-refractivity contribution in [1.29, 1.82) is 0 Å². The summed E-state index contributed by atoms with van der Waals surface area (Å²) in [5.41, 5.74) is 9.22. The Hall–Kier alpha value is -3.32. The second kappa shape index (κ2) is 6.66. The number of anilines is 3. The molecule has 2 aromatic carbocycles. The maximum Gasteiger partial charge on any atom is 0.187 e. The van der Waals surface area contributed by atoms with E-state index >= 15 is 0 Å². The number of carbonyl (C=O) groups is 1. The van der Waals surface area contributed by atoms with Gasteiger partial charge >= 0.3 is 0 Å². The molecule has 0 fully saturated rings. The summed E-state index contributed by atoms with van der Waals surface area (Å²) in [5, 5.41) is 9.35. The standard InChI is InChI=1S/C18H20N6O/c1-23(2)8-7-18(25)12-4-6-15(19)17(9-12)24(20)14-5-3-13-11-21-22-16(13)10-14/h3-11H,19-20H2,1-2H3,(H,21,22)/b8-7+. The van der Waals surface area contributed by atoms with Crippen LogP contribution in [0, 0.1) is 0 Å². The summed E-state index contributed by atoms with van der Waals surface area (Å²) in [6.45, 7) is 0. The van der Waals surface area contributed by atoms with Gasteiger partial charge in [0.15, 0.2) is 5.78 Å². The molecule has 5 N–H and O–H groups in total. The van der Waals surface area contributed by atoms with Crippen molar-refractivity contribution in [2.24, 2.45) is 5.84 Å². The average Bonchev–Trinajstić information content (AvgIpc) is 3.07. The van der Waals surface area contributed by atoms with Crippen molar-refractivity contribution in [3.05, 3.63) is 60.4 Å². The van der Waals surface area contributed by atoms with E-state index in [2.05, 4.69) is 10.2 Å². The van der Waals surface area contributed by atoms with E-state index in [-0.39, 0.29) is 5.78 Å². The van der Waals surface area contributed by atoms with Crippen molar-refractivity contribution in [3.8, 4) is 0 Å². The molecule has 0 amide bonds. The van der Waals surface area contributed by atoms with Crippen molar-refractivity contribution >= 4 is 33.7 Å². The Labute approximate surface area is 145 Å². The van der Waals surface area contributed by atoms with Crippen molar-refractivity contribution in [2.75, 3.05) is 24.8 Å². The number of ketones is 1. The van der Waals surface area contributed by atoms with Crippen LogP contribution in [-0.4, -0.2) is 35.0 Å². The molecule has 25 heavy (non-hydrogen) atoms. The fraction of sp³-hybridized carbons (Fsp3) is 0.111. The van der Waals surface area contributed by atoms with Gasteiger partial charge in [0.05, 0.1) is 28.8 Å². The number of H-pyrrole nitrogens is 1. The molecule has 0 atom stereocenters. The lowest BCUT2D eigenvalue weighted by Crippen LogP contribution is -2.26. The van der Waals surface area contributed by atoms with E-state index in [1.807, 2.05) is 32.3 Å². The largest absolute Gasteiger partial charge is 0.397 e. The van der Waals surface area contributed by atoms with Gasteiger partial charge in [0.25, 0.3) is 0 Å². The minimum absolute atomic E-state index is 0.118. The van der Waals surface area contributed by atoms with Crippen LogP contribution >= 0.6 is 0 Å². The van der Waals surface area contributed by atoms with Crippen LogP contribution in [0.4, 0.5) is 17.1 Å². The minimum atomic E-state index is -0.118. The third-order valence-corrected chi connectivity index (χ3v) is 3.80. The maximum atomic E-state index is 12.3. The third kappa shape index (κ3) is 3.46. The van der Waals surface area contributed by atoms with Crippen molar-refractivity contribution in [1.82, 2.24) is 15.1 Å². The minimum Gasteiger partial charge on any atom is -0.397 e. The number of aromatic nitrogens is 2. The second-order valence-electron chi connectivity index (χ2n) is 5.93. The molecular formula is C18H20N6O. The highest BCUT2D eigenvalue weighted by molar-refractivity contribution is 6.05. The van der Waals surface area contributed by atoms with Gasteiger partial charge < -0.3 is 10.6 Å². The van der Waals surface area contributed by atoms with E-state index < -0.39 is 0 Å². The van der Waals surface area contributed by atoms with Gasteiger partial charge in [0.2, 0.25) is 0 Å². The summed E-state index contributed by atoms with van der Waals surface area (Å²) in [6, 6.07) is 10.7. The van der Waals surface area contributed by atoms with E-state index in [4.69, 9.17) is 11.6 Å². The Morgan fingerprint density at radius 2 is 2.00 bits per heavy atom. The van der Waals surface area contributed by atoms with E-state index in [9.17, 15) is 4.79 Å². The molecule has 128 valence electrons. The first-order valence-electron chi connectivity index (χ1n) is 7.72. The summed E-state index contributed by atoms with van der Waals surface area (Å²) in [4.78, 5) is 14.1. The zero-order valence-electron chi connectivity index (χ0n) is 14.1. The molecule has 0 radical (unpaired) electrons. The van der Waals surface area contributed by atoms with Gasteiger partial charge in [0.1, 0.15) is 0 Å². The van der Waals surface area contributed by atoms with E-state index in [0.717, 1.165) is 16.6 Å². The monoisotopic (exact) mass is 336 g/mol. The molecular weight excluding hydrogens is 316 g/mol. The number of hydrogen-bond donors (Lipinski definition) is 3. The van der Waals surface area contributed by atoms with Gasteiger partial charge in [-0.1, -0.05) is 0 Å². The number of aromatic amines is 1. The molecule has 7 heteroatoms. The van der Waals surface area contributed by atoms with E-state index in [1.165, 1.54) is 11.1 Å². The summed E-state index contributed by atoms with van der Waals surface area (Å²) in [6.07, 6.45) is 4.95. The molecule has 3 aromatic rings. The lowest BCUT2D eigenvalue weighted by Gasteiger charge is -2.21. The SMILES string of the molecule is CN(C)/C=C/C(=O)c1ccc(N)c(N(N)c2ccc3cn[nH]c3c2)c1. The number of hydrazine groups is 1.